The molecule has 96 valence electrons. The van der Waals surface area contributed by atoms with Crippen molar-refractivity contribution in [3.63, 3.8) is 0 Å². The van der Waals surface area contributed by atoms with Crippen molar-refractivity contribution in [2.24, 2.45) is 0 Å². The molecule has 2 rings (SSSR count). The smallest absolute Gasteiger partial charge is 0.304 e. The summed E-state index contributed by atoms with van der Waals surface area (Å²) in [5, 5.41) is 5.29. The van der Waals surface area contributed by atoms with Crippen LogP contribution in [0.5, 0.6) is 0 Å². The SMILES string of the molecule is Cc1ccc(C(C)NCc2csc(=O)[nH]2)c(C)c1. The molecule has 2 aromatic rings. The number of nitrogens with one attached hydrogen (secondary N) is 2. The summed E-state index contributed by atoms with van der Waals surface area (Å²) in [5.74, 6) is 0. The van der Waals surface area contributed by atoms with Crippen LogP contribution in [-0.4, -0.2) is 4.98 Å². The summed E-state index contributed by atoms with van der Waals surface area (Å²) in [6.45, 7) is 7.06. The lowest BCUT2D eigenvalue weighted by molar-refractivity contribution is 0.566. The van der Waals surface area contributed by atoms with Crippen LogP contribution in [0.4, 0.5) is 0 Å². The third kappa shape index (κ3) is 3.09. The fourth-order valence-electron chi connectivity index (χ4n) is 2.09. The van der Waals surface area contributed by atoms with E-state index in [2.05, 4.69) is 49.3 Å². The number of benzene rings is 1. The van der Waals surface area contributed by atoms with Crippen LogP contribution in [0, 0.1) is 13.8 Å². The summed E-state index contributed by atoms with van der Waals surface area (Å²) in [5.41, 5.74) is 4.83. The number of aromatic amines is 1. The molecule has 0 spiro atoms. The van der Waals surface area contributed by atoms with Crippen LogP contribution in [0.25, 0.3) is 0 Å². The molecule has 1 unspecified atom stereocenters. The maximum Gasteiger partial charge on any atom is 0.304 e. The second-order valence-electron chi connectivity index (χ2n) is 4.64. The largest absolute Gasteiger partial charge is 0.315 e. The van der Waals surface area contributed by atoms with Crippen LogP contribution in [0.1, 0.15) is 35.3 Å². The Kier molecular flexibility index (Phi) is 3.99. The molecule has 0 aliphatic carbocycles. The Labute approximate surface area is 111 Å². The molecule has 0 fully saturated rings. The molecule has 0 saturated carbocycles. The van der Waals surface area contributed by atoms with Crippen LogP contribution >= 0.6 is 11.3 Å². The zero-order chi connectivity index (χ0) is 13.1. The van der Waals surface area contributed by atoms with E-state index < -0.39 is 0 Å². The monoisotopic (exact) mass is 262 g/mol. The molecule has 0 saturated heterocycles. The highest BCUT2D eigenvalue weighted by Gasteiger charge is 2.08. The number of rotatable bonds is 4. The minimum absolute atomic E-state index is 0.00553. The van der Waals surface area contributed by atoms with Crippen molar-refractivity contribution in [3.8, 4) is 0 Å². The summed E-state index contributed by atoms with van der Waals surface area (Å²) < 4.78 is 0. The van der Waals surface area contributed by atoms with Gasteiger partial charge in [-0.15, -0.1) is 0 Å². The Morgan fingerprint density at radius 1 is 1.39 bits per heavy atom. The first kappa shape index (κ1) is 13.1. The van der Waals surface area contributed by atoms with Crippen LogP contribution in [-0.2, 0) is 6.54 Å². The van der Waals surface area contributed by atoms with E-state index in [4.69, 9.17) is 0 Å². The minimum Gasteiger partial charge on any atom is -0.315 e. The standard InChI is InChI=1S/C14H18N2OS/c1-9-4-5-13(10(2)6-9)11(3)15-7-12-8-18-14(17)16-12/h4-6,8,11,15H,7H2,1-3H3,(H,16,17). The van der Waals surface area contributed by atoms with Gasteiger partial charge in [-0.2, -0.15) is 0 Å². The molecule has 0 radical (unpaired) electrons. The molecule has 1 atom stereocenters. The summed E-state index contributed by atoms with van der Waals surface area (Å²) in [4.78, 5) is 13.8. The topological polar surface area (TPSA) is 44.9 Å². The number of thiazole rings is 1. The van der Waals surface area contributed by atoms with Gasteiger partial charge in [-0.3, -0.25) is 4.79 Å². The molecule has 18 heavy (non-hydrogen) atoms. The highest BCUT2D eigenvalue weighted by molar-refractivity contribution is 7.07. The molecular weight excluding hydrogens is 244 g/mol. The zero-order valence-corrected chi connectivity index (χ0v) is 11.7. The molecule has 1 aromatic carbocycles. The van der Waals surface area contributed by atoms with Gasteiger partial charge in [-0.1, -0.05) is 35.1 Å². The van der Waals surface area contributed by atoms with Crippen LogP contribution in [0.2, 0.25) is 0 Å². The third-order valence-corrected chi connectivity index (χ3v) is 3.78. The second kappa shape index (κ2) is 5.50. The van der Waals surface area contributed by atoms with Gasteiger partial charge in [0.15, 0.2) is 0 Å². The van der Waals surface area contributed by atoms with E-state index >= 15 is 0 Å². The van der Waals surface area contributed by atoms with E-state index in [1.165, 1.54) is 28.0 Å². The molecule has 0 amide bonds. The molecule has 1 aromatic heterocycles. The molecular formula is C14H18N2OS. The predicted octanol–water partition coefficient (Wildman–Crippen LogP) is 2.90. The van der Waals surface area contributed by atoms with Gasteiger partial charge in [0.05, 0.1) is 0 Å². The molecule has 0 bridgehead atoms. The van der Waals surface area contributed by atoms with E-state index in [9.17, 15) is 4.79 Å². The van der Waals surface area contributed by atoms with Crippen molar-refractivity contribution >= 4 is 11.3 Å². The maximum absolute atomic E-state index is 11.0. The van der Waals surface area contributed by atoms with Crippen LogP contribution in [0.15, 0.2) is 28.4 Å². The van der Waals surface area contributed by atoms with Crippen molar-refractivity contribution in [1.82, 2.24) is 10.3 Å². The number of hydrogen-bond acceptors (Lipinski definition) is 3. The molecule has 3 nitrogen and oxygen atoms in total. The quantitative estimate of drug-likeness (QED) is 0.890. The third-order valence-electron chi connectivity index (χ3n) is 3.06. The lowest BCUT2D eigenvalue weighted by atomic mass is 10.0. The van der Waals surface area contributed by atoms with Gasteiger partial charge >= 0.3 is 4.87 Å². The van der Waals surface area contributed by atoms with Crippen LogP contribution in [0.3, 0.4) is 0 Å². The van der Waals surface area contributed by atoms with Crippen molar-refractivity contribution < 1.29 is 0 Å². The van der Waals surface area contributed by atoms with Gasteiger partial charge in [-0.05, 0) is 31.9 Å². The van der Waals surface area contributed by atoms with Gasteiger partial charge in [-0.25, -0.2) is 0 Å². The normalized spacial score (nSPS) is 12.6. The Morgan fingerprint density at radius 3 is 2.78 bits per heavy atom. The lowest BCUT2D eigenvalue weighted by Crippen LogP contribution is -2.19. The molecule has 4 heteroatoms. The average molecular weight is 262 g/mol. The lowest BCUT2D eigenvalue weighted by Gasteiger charge is -2.16. The van der Waals surface area contributed by atoms with Gasteiger partial charge in [0.2, 0.25) is 0 Å². The summed E-state index contributed by atoms with van der Waals surface area (Å²) >= 11 is 1.21. The van der Waals surface area contributed by atoms with E-state index in [0.29, 0.717) is 6.54 Å². The highest BCUT2D eigenvalue weighted by atomic mass is 32.1. The Hall–Kier alpha value is -1.39. The Bertz CT molecular complexity index is 585. The van der Waals surface area contributed by atoms with E-state index in [1.54, 1.807) is 0 Å². The van der Waals surface area contributed by atoms with Gasteiger partial charge in [0.25, 0.3) is 0 Å². The summed E-state index contributed by atoms with van der Waals surface area (Å²) in [6.07, 6.45) is 0. The fraction of sp³-hybridized carbons (Fsp3) is 0.357. The number of aryl methyl sites for hydroxylation is 2. The van der Waals surface area contributed by atoms with Gasteiger partial charge < -0.3 is 10.3 Å². The second-order valence-corrected chi connectivity index (χ2v) is 5.48. The van der Waals surface area contributed by atoms with E-state index in [1.807, 2.05) is 5.38 Å². The molecule has 2 N–H and O–H groups in total. The van der Waals surface area contributed by atoms with E-state index in [0.717, 1.165) is 5.69 Å². The van der Waals surface area contributed by atoms with Crippen LogP contribution < -0.4 is 10.2 Å². The number of hydrogen-bond donors (Lipinski definition) is 2. The maximum atomic E-state index is 11.0. The number of aromatic nitrogens is 1. The van der Waals surface area contributed by atoms with Crippen molar-refractivity contribution in [1.29, 1.82) is 0 Å². The number of H-pyrrole nitrogens is 1. The average Bonchev–Trinajstić information content (AvgIpc) is 2.72. The first-order chi connectivity index (χ1) is 8.56. The Morgan fingerprint density at radius 2 is 2.17 bits per heavy atom. The highest BCUT2D eigenvalue weighted by Crippen LogP contribution is 2.18. The molecule has 0 aliphatic rings. The fourth-order valence-corrected chi connectivity index (χ4v) is 2.67. The van der Waals surface area contributed by atoms with Crippen molar-refractivity contribution in [3.05, 3.63) is 55.6 Å². The van der Waals surface area contributed by atoms with Gasteiger partial charge in [0.1, 0.15) is 0 Å². The summed E-state index contributed by atoms with van der Waals surface area (Å²) in [6, 6.07) is 6.76. The first-order valence-electron chi connectivity index (χ1n) is 6.03. The van der Waals surface area contributed by atoms with Crippen molar-refractivity contribution in [2.45, 2.75) is 33.4 Å². The van der Waals surface area contributed by atoms with Gasteiger partial charge in [0, 0.05) is 23.7 Å². The minimum atomic E-state index is 0.00553. The van der Waals surface area contributed by atoms with Crippen molar-refractivity contribution in [2.75, 3.05) is 0 Å². The zero-order valence-electron chi connectivity index (χ0n) is 10.9. The van der Waals surface area contributed by atoms with E-state index in [-0.39, 0.29) is 10.9 Å². The molecule has 1 heterocycles. The Balaban J connectivity index is 2.03. The predicted molar refractivity (Wildman–Crippen MR) is 76.1 cm³/mol. The first-order valence-corrected chi connectivity index (χ1v) is 6.91. The molecule has 0 aliphatic heterocycles. The summed E-state index contributed by atoms with van der Waals surface area (Å²) in [7, 11) is 0.